The molecule has 0 fully saturated rings. The molecule has 0 spiro atoms. The number of thiophene rings is 3. The van der Waals surface area contributed by atoms with Crippen LogP contribution in [0.4, 0.5) is 0 Å². The molecule has 0 aliphatic carbocycles. The van der Waals surface area contributed by atoms with Gasteiger partial charge in [-0.05, 0) is 35.4 Å². The fourth-order valence-electron chi connectivity index (χ4n) is 3.52. The van der Waals surface area contributed by atoms with Crippen LogP contribution in [0.5, 0.6) is 0 Å². The average molecular weight is 465 g/mol. The summed E-state index contributed by atoms with van der Waals surface area (Å²) in [5.41, 5.74) is 5.60. The third kappa shape index (κ3) is 3.35. The normalized spacial score (nSPS) is 11.2. The predicted molar refractivity (Wildman–Crippen MR) is 129 cm³/mol. The number of methoxy groups -OCH3 is 2. The lowest BCUT2D eigenvalue weighted by atomic mass is 10.1. The van der Waals surface area contributed by atoms with Crippen molar-refractivity contribution in [3.05, 3.63) is 70.4 Å². The quantitative estimate of drug-likeness (QED) is 0.267. The molecule has 0 bridgehead atoms. The first-order valence-electron chi connectivity index (χ1n) is 9.39. The van der Waals surface area contributed by atoms with Crippen LogP contribution in [0.3, 0.4) is 0 Å². The van der Waals surface area contributed by atoms with Gasteiger partial charge in [-0.15, -0.1) is 34.0 Å². The molecule has 31 heavy (non-hydrogen) atoms. The maximum absolute atomic E-state index is 11.7. The number of carbonyl (C=O) groups is 2. The van der Waals surface area contributed by atoms with E-state index in [0.29, 0.717) is 11.1 Å². The van der Waals surface area contributed by atoms with Gasteiger partial charge in [0.2, 0.25) is 0 Å². The second kappa shape index (κ2) is 7.92. The first-order chi connectivity index (χ1) is 15.1. The van der Waals surface area contributed by atoms with Gasteiger partial charge in [-0.2, -0.15) is 0 Å². The molecule has 5 rings (SSSR count). The Morgan fingerprint density at radius 3 is 1.35 bits per heavy atom. The number of benzene rings is 2. The van der Waals surface area contributed by atoms with Gasteiger partial charge in [-0.25, -0.2) is 9.59 Å². The van der Waals surface area contributed by atoms with Gasteiger partial charge in [0.25, 0.3) is 0 Å². The van der Waals surface area contributed by atoms with Crippen LogP contribution in [0.1, 0.15) is 20.7 Å². The van der Waals surface area contributed by atoms with E-state index < -0.39 is 0 Å². The summed E-state index contributed by atoms with van der Waals surface area (Å²) in [4.78, 5) is 23.4. The lowest BCUT2D eigenvalue weighted by molar-refractivity contribution is 0.0592. The van der Waals surface area contributed by atoms with E-state index in [1.54, 1.807) is 58.3 Å². The Hall–Kier alpha value is -3.00. The van der Waals surface area contributed by atoms with Crippen molar-refractivity contribution >= 4 is 64.7 Å². The van der Waals surface area contributed by atoms with E-state index in [9.17, 15) is 9.59 Å². The molecule has 0 N–H and O–H groups in total. The summed E-state index contributed by atoms with van der Waals surface area (Å²) >= 11 is 5.28. The molecule has 3 heterocycles. The predicted octanol–water partition coefficient (Wildman–Crippen LogP) is 7.08. The Kier molecular flexibility index (Phi) is 5.09. The highest BCUT2D eigenvalue weighted by molar-refractivity contribution is 7.38. The van der Waals surface area contributed by atoms with Gasteiger partial charge in [0, 0.05) is 21.9 Å². The van der Waals surface area contributed by atoms with Crippen LogP contribution in [-0.2, 0) is 9.47 Å². The summed E-state index contributed by atoms with van der Waals surface area (Å²) in [7, 11) is 2.77. The number of ether oxygens (including phenoxy) is 2. The van der Waals surface area contributed by atoms with Gasteiger partial charge >= 0.3 is 11.9 Å². The molecule has 0 atom stereocenters. The van der Waals surface area contributed by atoms with Crippen molar-refractivity contribution in [2.24, 2.45) is 0 Å². The molecule has 0 saturated heterocycles. The van der Waals surface area contributed by atoms with Gasteiger partial charge in [-0.3, -0.25) is 0 Å². The van der Waals surface area contributed by atoms with Crippen molar-refractivity contribution in [2.75, 3.05) is 14.2 Å². The van der Waals surface area contributed by atoms with Crippen LogP contribution in [0, 0.1) is 0 Å². The SMILES string of the molecule is COC(=O)c1ccc(-c2csc3c2sc2c(-c4ccc(C(=O)OC)cc4)csc23)cc1. The highest BCUT2D eigenvalue weighted by Gasteiger charge is 2.18. The van der Waals surface area contributed by atoms with E-state index in [1.165, 1.54) is 44.1 Å². The first kappa shape index (κ1) is 19.9. The number of rotatable bonds is 4. The molecule has 0 saturated carbocycles. The topological polar surface area (TPSA) is 52.6 Å². The van der Waals surface area contributed by atoms with Crippen LogP contribution in [0.25, 0.3) is 41.1 Å². The molecule has 0 amide bonds. The standard InChI is InChI=1S/C24H16O4S3/c1-27-23(25)15-7-3-13(4-8-15)17-11-29-21-19(17)31-20-18(12-30-22(20)21)14-5-9-16(10-6-14)24(26)28-2/h3-12H,1-2H3. The largest absolute Gasteiger partial charge is 0.465 e. The smallest absolute Gasteiger partial charge is 0.337 e. The molecule has 154 valence electrons. The second-order valence-electron chi connectivity index (χ2n) is 6.86. The van der Waals surface area contributed by atoms with E-state index in [4.69, 9.17) is 9.47 Å². The average Bonchev–Trinajstić information content (AvgIpc) is 3.50. The van der Waals surface area contributed by atoms with Crippen molar-refractivity contribution in [2.45, 2.75) is 0 Å². The summed E-state index contributed by atoms with van der Waals surface area (Å²) in [6, 6.07) is 15.1. The molecule has 4 nitrogen and oxygen atoms in total. The fraction of sp³-hybridized carbons (Fsp3) is 0.0833. The van der Waals surface area contributed by atoms with E-state index in [2.05, 4.69) is 10.8 Å². The van der Waals surface area contributed by atoms with Gasteiger partial charge < -0.3 is 9.47 Å². The van der Waals surface area contributed by atoms with E-state index >= 15 is 0 Å². The van der Waals surface area contributed by atoms with E-state index in [0.717, 1.165) is 11.1 Å². The number of fused-ring (bicyclic) bond motifs is 3. The Labute approximate surface area is 190 Å². The molecular formula is C24H16O4S3. The Balaban J connectivity index is 1.56. The summed E-state index contributed by atoms with van der Waals surface area (Å²) in [5.74, 6) is -0.664. The number of hydrogen-bond acceptors (Lipinski definition) is 7. The summed E-state index contributed by atoms with van der Waals surface area (Å²) in [6.45, 7) is 0. The molecule has 0 radical (unpaired) electrons. The summed E-state index contributed by atoms with van der Waals surface area (Å²) in [5, 5.41) is 4.36. The summed E-state index contributed by atoms with van der Waals surface area (Å²) in [6.07, 6.45) is 0. The third-order valence-corrected chi connectivity index (χ3v) is 8.77. The molecule has 3 aromatic heterocycles. The van der Waals surface area contributed by atoms with Crippen LogP contribution in [-0.4, -0.2) is 26.2 Å². The molecule has 5 aromatic rings. The molecule has 0 unspecified atom stereocenters. The Bertz CT molecular complexity index is 1310. The van der Waals surface area contributed by atoms with Gasteiger partial charge in [-0.1, -0.05) is 24.3 Å². The van der Waals surface area contributed by atoms with Crippen LogP contribution in [0.15, 0.2) is 59.3 Å². The van der Waals surface area contributed by atoms with Crippen molar-refractivity contribution in [3.8, 4) is 22.3 Å². The molecule has 2 aromatic carbocycles. The fourth-order valence-corrected chi connectivity index (χ4v) is 7.62. The maximum Gasteiger partial charge on any atom is 0.337 e. The van der Waals surface area contributed by atoms with Crippen molar-refractivity contribution in [3.63, 3.8) is 0 Å². The van der Waals surface area contributed by atoms with Crippen molar-refractivity contribution in [1.82, 2.24) is 0 Å². The zero-order chi connectivity index (χ0) is 21.5. The molecular weight excluding hydrogens is 448 g/mol. The highest BCUT2D eigenvalue weighted by Crippen LogP contribution is 2.49. The molecule has 7 heteroatoms. The number of carbonyl (C=O) groups excluding carboxylic acids is 2. The van der Waals surface area contributed by atoms with Gasteiger partial charge in [0.1, 0.15) is 0 Å². The first-order valence-corrected chi connectivity index (χ1v) is 12.0. The maximum atomic E-state index is 11.7. The zero-order valence-corrected chi connectivity index (χ0v) is 19.1. The van der Waals surface area contributed by atoms with Crippen molar-refractivity contribution in [1.29, 1.82) is 0 Å². The van der Waals surface area contributed by atoms with Crippen molar-refractivity contribution < 1.29 is 19.1 Å². The monoisotopic (exact) mass is 464 g/mol. The highest BCUT2D eigenvalue weighted by atomic mass is 32.1. The Morgan fingerprint density at radius 1 is 0.613 bits per heavy atom. The van der Waals surface area contributed by atoms with Gasteiger partial charge in [0.05, 0.1) is 44.1 Å². The lowest BCUT2D eigenvalue weighted by Crippen LogP contribution is -2.00. The number of esters is 2. The number of hydrogen-bond donors (Lipinski definition) is 0. The third-order valence-electron chi connectivity index (χ3n) is 5.14. The minimum absolute atomic E-state index is 0.332. The molecule has 0 aliphatic heterocycles. The minimum Gasteiger partial charge on any atom is -0.465 e. The Morgan fingerprint density at radius 2 is 1.00 bits per heavy atom. The van der Waals surface area contributed by atoms with Crippen LogP contribution < -0.4 is 0 Å². The lowest BCUT2D eigenvalue weighted by Gasteiger charge is -2.02. The summed E-state index contributed by atoms with van der Waals surface area (Å²) < 4.78 is 14.7. The molecule has 0 aliphatic rings. The van der Waals surface area contributed by atoms with E-state index in [-0.39, 0.29) is 11.9 Å². The minimum atomic E-state index is -0.332. The zero-order valence-electron chi connectivity index (χ0n) is 16.6. The van der Waals surface area contributed by atoms with Crippen LogP contribution in [0.2, 0.25) is 0 Å². The van der Waals surface area contributed by atoms with Gasteiger partial charge in [0.15, 0.2) is 0 Å². The van der Waals surface area contributed by atoms with Crippen LogP contribution >= 0.6 is 34.0 Å². The second-order valence-corrected chi connectivity index (χ2v) is 9.64. The van der Waals surface area contributed by atoms with E-state index in [1.807, 2.05) is 24.3 Å².